The highest BCUT2D eigenvalue weighted by atomic mass is 28.3. The van der Waals surface area contributed by atoms with E-state index < -0.39 is 8.07 Å². The molecule has 66 heavy (non-hydrogen) atoms. The van der Waals surface area contributed by atoms with Crippen molar-refractivity contribution in [2.24, 2.45) is 0 Å². The largest absolute Gasteiger partial charge is 0.456 e. The smallest absolute Gasteiger partial charge is 0.260 e. The Labute approximate surface area is 383 Å². The SMILES string of the molecule is c1ccc([Si](c2ccccc2)(c2ccccc2)c2ccc3c(c2)c2ccccc2n3-c2cccc3c2Oc2cccc4c2B3c2cccc(-n3c5ccccc5c5ccccc53)c2O4)cc1. The van der Waals surface area contributed by atoms with Crippen molar-refractivity contribution in [3.8, 4) is 34.4 Å². The zero-order valence-corrected chi connectivity index (χ0v) is 36.8. The Morgan fingerprint density at radius 1 is 0.318 bits per heavy atom. The molecule has 0 bridgehead atoms. The molecule has 0 aliphatic carbocycles. The number of hydrogen-bond acceptors (Lipinski definition) is 2. The summed E-state index contributed by atoms with van der Waals surface area (Å²) in [6, 6.07) is 86.4. The van der Waals surface area contributed by atoms with Crippen molar-refractivity contribution >= 4 is 95.5 Å². The van der Waals surface area contributed by atoms with Gasteiger partial charge in [0.25, 0.3) is 6.71 Å². The van der Waals surface area contributed by atoms with Crippen LogP contribution in [0.5, 0.6) is 23.0 Å². The minimum Gasteiger partial charge on any atom is -0.456 e. The average molecular weight is 859 g/mol. The molecule has 0 unspecified atom stereocenters. The number of nitrogens with zero attached hydrogens (tertiary/aromatic N) is 2. The molecule has 4 nitrogen and oxygen atoms in total. The lowest BCUT2D eigenvalue weighted by Gasteiger charge is -2.35. The van der Waals surface area contributed by atoms with Crippen molar-refractivity contribution < 1.29 is 9.47 Å². The topological polar surface area (TPSA) is 28.3 Å². The minimum atomic E-state index is -2.79. The van der Waals surface area contributed by atoms with Crippen LogP contribution in [0.1, 0.15) is 0 Å². The maximum Gasteiger partial charge on any atom is 0.260 e. The van der Waals surface area contributed by atoms with Crippen LogP contribution in [0.4, 0.5) is 0 Å². The zero-order valence-electron chi connectivity index (χ0n) is 35.8. The van der Waals surface area contributed by atoms with Gasteiger partial charge >= 0.3 is 0 Å². The van der Waals surface area contributed by atoms with Gasteiger partial charge in [0.15, 0.2) is 8.07 Å². The lowest BCUT2D eigenvalue weighted by atomic mass is 9.34. The van der Waals surface area contributed by atoms with Gasteiger partial charge in [-0.3, -0.25) is 0 Å². The van der Waals surface area contributed by atoms with Gasteiger partial charge in [-0.15, -0.1) is 0 Å². The maximum atomic E-state index is 7.16. The van der Waals surface area contributed by atoms with Crippen LogP contribution < -0.4 is 46.6 Å². The molecule has 0 spiro atoms. The fraction of sp³-hybridized carbons (Fsp3) is 0. The quantitative estimate of drug-likeness (QED) is 0.123. The third-order valence-corrected chi connectivity index (χ3v) is 19.0. The highest BCUT2D eigenvalue weighted by molar-refractivity contribution is 7.20. The Morgan fingerprint density at radius 3 is 1.18 bits per heavy atom. The van der Waals surface area contributed by atoms with Gasteiger partial charge in [0.1, 0.15) is 23.0 Å². The molecule has 12 aromatic rings. The fourth-order valence-electron chi connectivity index (χ4n) is 11.5. The molecule has 308 valence electrons. The van der Waals surface area contributed by atoms with Crippen molar-refractivity contribution in [1.29, 1.82) is 0 Å². The third kappa shape index (κ3) is 5.16. The first-order valence-electron chi connectivity index (χ1n) is 22.7. The van der Waals surface area contributed by atoms with Crippen LogP contribution in [0.3, 0.4) is 0 Å². The molecule has 2 aromatic heterocycles. The van der Waals surface area contributed by atoms with Crippen LogP contribution in [-0.4, -0.2) is 23.9 Å². The van der Waals surface area contributed by atoms with E-state index in [9.17, 15) is 0 Å². The number of para-hydroxylation sites is 5. The van der Waals surface area contributed by atoms with Gasteiger partial charge in [0.2, 0.25) is 0 Å². The molecule has 2 aliphatic rings. The normalized spacial score (nSPS) is 12.8. The van der Waals surface area contributed by atoms with Gasteiger partial charge < -0.3 is 18.6 Å². The highest BCUT2D eigenvalue weighted by Gasteiger charge is 2.44. The molecular weight excluding hydrogens is 820 g/mol. The first-order chi connectivity index (χ1) is 32.8. The molecule has 14 rings (SSSR count). The molecule has 0 amide bonds. The molecule has 0 N–H and O–H groups in total. The van der Waals surface area contributed by atoms with Crippen molar-refractivity contribution in [2.75, 3.05) is 0 Å². The lowest BCUT2D eigenvalue weighted by Crippen LogP contribution is -2.74. The minimum absolute atomic E-state index is 0.120. The summed E-state index contributed by atoms with van der Waals surface area (Å²) < 4.78 is 19.0. The predicted molar refractivity (Wildman–Crippen MR) is 276 cm³/mol. The number of fused-ring (bicyclic) bond motifs is 10. The standard InChI is InChI=1S/C60H39BN2O2Si/c1-4-19-40(20-5-1)66(41-21-6-2-7-22-41,42-23-8-3-9-24-42)43-37-38-53-47(39-43)46-27-12-15-32-52(46)63(53)55-34-17-29-49-60(55)65-57-36-18-35-56-58(57)61(49)48-28-16-33-54(59(48)64-56)62-50-30-13-10-25-44(50)45-26-11-14-31-51(45)62/h1-39H. The summed E-state index contributed by atoms with van der Waals surface area (Å²) in [4.78, 5) is 0. The molecule has 0 saturated carbocycles. The van der Waals surface area contributed by atoms with E-state index in [1.165, 1.54) is 42.3 Å². The van der Waals surface area contributed by atoms with Gasteiger partial charge in [-0.05, 0) is 80.2 Å². The molecule has 0 saturated heterocycles. The first-order valence-corrected chi connectivity index (χ1v) is 24.7. The van der Waals surface area contributed by atoms with E-state index in [1.807, 2.05) is 0 Å². The van der Waals surface area contributed by atoms with E-state index in [4.69, 9.17) is 9.47 Å². The second-order valence-electron chi connectivity index (χ2n) is 17.5. The maximum absolute atomic E-state index is 7.16. The zero-order chi connectivity index (χ0) is 43.3. The van der Waals surface area contributed by atoms with E-state index >= 15 is 0 Å². The Bertz CT molecular complexity index is 3750. The van der Waals surface area contributed by atoms with Gasteiger partial charge in [0, 0.05) is 27.0 Å². The summed E-state index contributed by atoms with van der Waals surface area (Å²) in [7, 11) is -2.79. The summed E-state index contributed by atoms with van der Waals surface area (Å²) in [6.07, 6.45) is 0. The van der Waals surface area contributed by atoms with Gasteiger partial charge in [-0.1, -0.05) is 188 Å². The monoisotopic (exact) mass is 858 g/mol. The average Bonchev–Trinajstić information content (AvgIpc) is 3.90. The van der Waals surface area contributed by atoms with Gasteiger partial charge in [0.05, 0.1) is 33.4 Å². The van der Waals surface area contributed by atoms with Crippen molar-refractivity contribution in [2.45, 2.75) is 0 Å². The number of hydrogen-bond donors (Lipinski definition) is 0. The number of ether oxygens (including phenoxy) is 2. The van der Waals surface area contributed by atoms with Crippen LogP contribution in [0.25, 0.3) is 55.0 Å². The molecule has 0 fully saturated rings. The molecule has 10 aromatic carbocycles. The molecule has 0 atom stereocenters. The Kier molecular flexibility index (Phi) is 8.06. The van der Waals surface area contributed by atoms with Gasteiger partial charge in [-0.2, -0.15) is 0 Å². The Balaban J connectivity index is 0.995. The molecule has 2 aliphatic heterocycles. The van der Waals surface area contributed by atoms with E-state index in [2.05, 4.69) is 246 Å². The van der Waals surface area contributed by atoms with Crippen LogP contribution >= 0.6 is 0 Å². The number of aromatic nitrogens is 2. The van der Waals surface area contributed by atoms with E-state index in [0.29, 0.717) is 0 Å². The number of rotatable bonds is 6. The van der Waals surface area contributed by atoms with Crippen molar-refractivity contribution in [3.05, 3.63) is 237 Å². The summed E-state index contributed by atoms with van der Waals surface area (Å²) in [5.74, 6) is 3.36. The van der Waals surface area contributed by atoms with Crippen molar-refractivity contribution in [3.63, 3.8) is 0 Å². The highest BCUT2D eigenvalue weighted by Crippen LogP contribution is 2.42. The first kappa shape index (κ1) is 37.1. The van der Waals surface area contributed by atoms with E-state index in [0.717, 1.165) is 72.8 Å². The molecule has 4 heterocycles. The lowest BCUT2D eigenvalue weighted by molar-refractivity contribution is 0.462. The molecular formula is C60H39BN2O2Si. The Morgan fingerprint density at radius 2 is 0.712 bits per heavy atom. The molecule has 6 heteroatoms. The predicted octanol–water partition coefficient (Wildman–Crippen LogP) is 9.99. The summed E-state index contributed by atoms with van der Waals surface area (Å²) in [5.41, 5.74) is 9.88. The van der Waals surface area contributed by atoms with E-state index in [-0.39, 0.29) is 6.71 Å². The summed E-state index contributed by atoms with van der Waals surface area (Å²) >= 11 is 0. The van der Waals surface area contributed by atoms with Crippen LogP contribution in [0.2, 0.25) is 0 Å². The van der Waals surface area contributed by atoms with Crippen LogP contribution in [-0.2, 0) is 0 Å². The Hall–Kier alpha value is -8.32. The summed E-state index contributed by atoms with van der Waals surface area (Å²) in [6.45, 7) is -0.120. The number of benzene rings is 10. The van der Waals surface area contributed by atoms with Crippen LogP contribution in [0, 0.1) is 0 Å². The fourth-order valence-corrected chi connectivity index (χ4v) is 16.3. The molecule has 0 radical (unpaired) electrons. The van der Waals surface area contributed by atoms with Crippen LogP contribution in [0.15, 0.2) is 237 Å². The third-order valence-electron chi connectivity index (χ3n) is 14.2. The summed E-state index contributed by atoms with van der Waals surface area (Å²) in [5, 5.41) is 10.3. The second kappa shape index (κ2) is 14.3. The second-order valence-corrected chi connectivity index (χ2v) is 21.3. The van der Waals surface area contributed by atoms with Crippen molar-refractivity contribution in [1.82, 2.24) is 9.13 Å². The van der Waals surface area contributed by atoms with Gasteiger partial charge in [-0.25, -0.2) is 0 Å². The van der Waals surface area contributed by atoms with E-state index in [1.54, 1.807) is 0 Å².